The minimum atomic E-state index is -0.114. The van der Waals surface area contributed by atoms with Crippen molar-refractivity contribution < 1.29 is 4.79 Å². The molecule has 0 unspecified atom stereocenters. The molecule has 2 aromatic heterocycles. The fourth-order valence-corrected chi connectivity index (χ4v) is 4.92. The molecule has 1 aromatic carbocycles. The SMILES string of the molecule is Cc1ccc(-c2cc3c(CC4=CSC=CC4)nnc(C(=O)N(C)C)c3s2)cc1. The summed E-state index contributed by atoms with van der Waals surface area (Å²) in [5.74, 6) is -0.114. The van der Waals surface area contributed by atoms with Crippen molar-refractivity contribution in [1.82, 2.24) is 15.1 Å². The lowest BCUT2D eigenvalue weighted by Gasteiger charge is -2.12. The van der Waals surface area contributed by atoms with Crippen molar-refractivity contribution in [2.75, 3.05) is 14.1 Å². The number of aromatic nitrogens is 2. The van der Waals surface area contributed by atoms with E-state index >= 15 is 0 Å². The van der Waals surface area contributed by atoms with E-state index in [2.05, 4.69) is 64.3 Å². The van der Waals surface area contributed by atoms with Gasteiger partial charge in [0.15, 0.2) is 5.69 Å². The first-order chi connectivity index (χ1) is 13.5. The molecule has 3 heterocycles. The summed E-state index contributed by atoms with van der Waals surface area (Å²) in [5.41, 5.74) is 5.06. The topological polar surface area (TPSA) is 46.1 Å². The third-order valence-electron chi connectivity index (χ3n) is 4.66. The summed E-state index contributed by atoms with van der Waals surface area (Å²) in [6.45, 7) is 2.08. The second-order valence-electron chi connectivity index (χ2n) is 7.08. The Balaban J connectivity index is 1.84. The lowest BCUT2D eigenvalue weighted by atomic mass is 10.0. The van der Waals surface area contributed by atoms with Crippen LogP contribution in [0.1, 0.15) is 28.2 Å². The van der Waals surface area contributed by atoms with Gasteiger partial charge in [0.25, 0.3) is 5.91 Å². The van der Waals surface area contributed by atoms with Crippen LogP contribution in [0.5, 0.6) is 0 Å². The average Bonchev–Trinajstić information content (AvgIpc) is 3.15. The molecular weight excluding hydrogens is 386 g/mol. The summed E-state index contributed by atoms with van der Waals surface area (Å²) < 4.78 is 0.916. The summed E-state index contributed by atoms with van der Waals surface area (Å²) in [6.07, 6.45) is 3.85. The molecule has 3 aromatic rings. The molecule has 0 aliphatic carbocycles. The maximum atomic E-state index is 12.7. The van der Waals surface area contributed by atoms with E-state index in [9.17, 15) is 4.79 Å². The molecule has 1 aliphatic rings. The number of fused-ring (bicyclic) bond motifs is 1. The third-order valence-corrected chi connectivity index (χ3v) is 6.67. The van der Waals surface area contributed by atoms with Crippen LogP contribution in [0.4, 0.5) is 0 Å². The Kier molecular flexibility index (Phi) is 5.33. The number of nitrogens with zero attached hydrogens (tertiary/aromatic N) is 3. The van der Waals surface area contributed by atoms with Gasteiger partial charge in [0.1, 0.15) is 0 Å². The summed E-state index contributed by atoms with van der Waals surface area (Å²) in [5, 5.41) is 14.1. The molecule has 28 heavy (non-hydrogen) atoms. The largest absolute Gasteiger partial charge is 0.343 e. The molecule has 0 spiro atoms. The van der Waals surface area contributed by atoms with Crippen molar-refractivity contribution in [2.45, 2.75) is 19.8 Å². The number of hydrogen-bond acceptors (Lipinski definition) is 5. The van der Waals surface area contributed by atoms with Crippen LogP contribution >= 0.6 is 23.1 Å². The Bertz CT molecular complexity index is 1090. The zero-order chi connectivity index (χ0) is 19.7. The van der Waals surface area contributed by atoms with Gasteiger partial charge < -0.3 is 4.90 Å². The van der Waals surface area contributed by atoms with Gasteiger partial charge in [0, 0.05) is 30.8 Å². The molecule has 1 aliphatic heterocycles. The van der Waals surface area contributed by atoms with Gasteiger partial charge in [-0.1, -0.05) is 41.5 Å². The Morgan fingerprint density at radius 2 is 1.96 bits per heavy atom. The molecule has 1 amide bonds. The number of thioether (sulfide) groups is 1. The second kappa shape index (κ2) is 7.89. The van der Waals surface area contributed by atoms with Gasteiger partial charge in [-0.3, -0.25) is 4.79 Å². The van der Waals surface area contributed by atoms with Crippen LogP contribution in [0.15, 0.2) is 52.8 Å². The lowest BCUT2D eigenvalue weighted by Crippen LogP contribution is -2.23. The summed E-state index contributed by atoms with van der Waals surface area (Å²) >= 11 is 3.31. The zero-order valence-electron chi connectivity index (χ0n) is 16.1. The highest BCUT2D eigenvalue weighted by atomic mass is 32.2. The number of allylic oxidation sites excluding steroid dienone is 2. The quantitative estimate of drug-likeness (QED) is 0.577. The van der Waals surface area contributed by atoms with Crippen molar-refractivity contribution in [2.24, 2.45) is 0 Å². The van der Waals surface area contributed by atoms with Gasteiger partial charge in [-0.15, -0.1) is 28.2 Å². The van der Waals surface area contributed by atoms with E-state index in [0.29, 0.717) is 5.69 Å². The number of carbonyl (C=O) groups excluding carboxylic acids is 1. The van der Waals surface area contributed by atoms with Gasteiger partial charge in [0.2, 0.25) is 0 Å². The van der Waals surface area contributed by atoms with E-state index < -0.39 is 0 Å². The Hall–Kier alpha value is -2.44. The molecule has 0 bridgehead atoms. The number of hydrogen-bond donors (Lipinski definition) is 0. The van der Waals surface area contributed by atoms with Crippen molar-refractivity contribution in [3.8, 4) is 10.4 Å². The highest BCUT2D eigenvalue weighted by Crippen LogP contribution is 2.37. The van der Waals surface area contributed by atoms with Crippen LogP contribution in [0.3, 0.4) is 0 Å². The first-order valence-corrected chi connectivity index (χ1v) is 10.8. The molecule has 6 heteroatoms. The van der Waals surface area contributed by atoms with E-state index in [1.807, 2.05) is 0 Å². The minimum absolute atomic E-state index is 0.114. The molecular formula is C22H21N3OS2. The molecule has 0 radical (unpaired) electrons. The van der Waals surface area contributed by atoms with Gasteiger partial charge in [-0.05, 0) is 35.8 Å². The Labute approximate surface area is 173 Å². The molecule has 4 rings (SSSR count). The zero-order valence-corrected chi connectivity index (χ0v) is 17.7. The third kappa shape index (κ3) is 3.75. The van der Waals surface area contributed by atoms with Gasteiger partial charge in [-0.2, -0.15) is 5.10 Å². The highest BCUT2D eigenvalue weighted by molar-refractivity contribution is 8.04. The van der Waals surface area contributed by atoms with E-state index in [1.54, 1.807) is 42.1 Å². The van der Waals surface area contributed by atoms with Crippen molar-refractivity contribution in [1.29, 1.82) is 0 Å². The monoisotopic (exact) mass is 407 g/mol. The number of aryl methyl sites for hydroxylation is 1. The van der Waals surface area contributed by atoms with Crippen LogP contribution in [0.2, 0.25) is 0 Å². The standard InChI is InChI=1S/C22H21N3OS2/c1-14-6-8-16(9-7-14)19-12-17-18(11-15-5-4-10-27-13-15)23-24-20(21(17)28-19)22(26)25(2)3/h4,6-10,12-13H,5,11H2,1-3H3. The van der Waals surface area contributed by atoms with E-state index in [-0.39, 0.29) is 5.91 Å². The smallest absolute Gasteiger partial charge is 0.275 e. The number of carbonyl (C=O) groups is 1. The fraction of sp³-hybridized carbons (Fsp3) is 0.227. The molecule has 0 saturated heterocycles. The molecule has 0 atom stereocenters. The second-order valence-corrected chi connectivity index (χ2v) is 8.91. The summed E-state index contributed by atoms with van der Waals surface area (Å²) in [6, 6.07) is 10.6. The van der Waals surface area contributed by atoms with Gasteiger partial charge in [0.05, 0.1) is 10.4 Å². The maximum absolute atomic E-state index is 12.7. The molecule has 0 saturated carbocycles. The van der Waals surface area contributed by atoms with Crippen molar-refractivity contribution in [3.63, 3.8) is 0 Å². The fourth-order valence-electron chi connectivity index (χ4n) is 3.10. The van der Waals surface area contributed by atoms with Crippen LogP contribution in [-0.2, 0) is 6.42 Å². The van der Waals surface area contributed by atoms with E-state index in [4.69, 9.17) is 0 Å². The van der Waals surface area contributed by atoms with Gasteiger partial charge in [-0.25, -0.2) is 0 Å². The number of benzene rings is 1. The molecule has 0 N–H and O–H groups in total. The van der Waals surface area contributed by atoms with E-state index in [0.717, 1.165) is 39.1 Å². The number of amides is 1. The minimum Gasteiger partial charge on any atom is -0.343 e. The molecule has 4 nitrogen and oxygen atoms in total. The van der Waals surface area contributed by atoms with Crippen molar-refractivity contribution >= 4 is 39.1 Å². The van der Waals surface area contributed by atoms with Crippen LogP contribution < -0.4 is 0 Å². The first-order valence-electron chi connectivity index (χ1n) is 9.09. The lowest BCUT2D eigenvalue weighted by molar-refractivity contribution is 0.0823. The average molecular weight is 408 g/mol. The van der Waals surface area contributed by atoms with Crippen molar-refractivity contribution in [3.05, 3.63) is 69.7 Å². The Morgan fingerprint density at radius 1 is 1.18 bits per heavy atom. The normalized spacial score (nSPS) is 13.6. The predicted octanol–water partition coefficient (Wildman–Crippen LogP) is 5.45. The van der Waals surface area contributed by atoms with Crippen LogP contribution in [0, 0.1) is 6.92 Å². The van der Waals surface area contributed by atoms with Crippen LogP contribution in [-0.4, -0.2) is 35.1 Å². The highest BCUT2D eigenvalue weighted by Gasteiger charge is 2.21. The summed E-state index contributed by atoms with van der Waals surface area (Å²) in [4.78, 5) is 15.3. The number of thiophene rings is 1. The first kappa shape index (κ1) is 18.9. The molecule has 142 valence electrons. The van der Waals surface area contributed by atoms with Gasteiger partial charge >= 0.3 is 0 Å². The van der Waals surface area contributed by atoms with Crippen LogP contribution in [0.25, 0.3) is 20.5 Å². The van der Waals surface area contributed by atoms with E-state index in [1.165, 1.54) is 11.1 Å². The Morgan fingerprint density at radius 3 is 2.64 bits per heavy atom. The maximum Gasteiger partial charge on any atom is 0.275 e. The summed E-state index contributed by atoms with van der Waals surface area (Å²) in [7, 11) is 3.49. The number of rotatable bonds is 4. The molecule has 0 fully saturated rings. The predicted molar refractivity (Wildman–Crippen MR) is 119 cm³/mol.